The SMILES string of the molecule is COc1cc(-c2ncc(-c3cn[nH]c3)c3onc(N)c23)c(F)cc1N. The largest absolute Gasteiger partial charge is 0.495 e. The molecule has 3 aromatic heterocycles. The number of aromatic nitrogens is 4. The first-order chi connectivity index (χ1) is 12.1. The lowest BCUT2D eigenvalue weighted by Crippen LogP contribution is -1.98. The van der Waals surface area contributed by atoms with Crippen molar-refractivity contribution in [2.24, 2.45) is 0 Å². The summed E-state index contributed by atoms with van der Waals surface area (Å²) in [5.41, 5.74) is 14.1. The van der Waals surface area contributed by atoms with Gasteiger partial charge < -0.3 is 20.7 Å². The fourth-order valence-corrected chi connectivity index (χ4v) is 2.70. The number of fused-ring (bicyclic) bond motifs is 1. The smallest absolute Gasteiger partial charge is 0.180 e. The van der Waals surface area contributed by atoms with Gasteiger partial charge in [0.15, 0.2) is 11.4 Å². The van der Waals surface area contributed by atoms with Gasteiger partial charge >= 0.3 is 0 Å². The van der Waals surface area contributed by atoms with Crippen LogP contribution in [0, 0.1) is 5.82 Å². The van der Waals surface area contributed by atoms with E-state index >= 15 is 0 Å². The molecule has 4 rings (SSSR count). The molecule has 0 amide bonds. The highest BCUT2D eigenvalue weighted by Crippen LogP contribution is 2.39. The van der Waals surface area contributed by atoms with Crippen molar-refractivity contribution < 1.29 is 13.7 Å². The molecule has 0 fully saturated rings. The molecule has 5 N–H and O–H groups in total. The molecule has 0 saturated carbocycles. The van der Waals surface area contributed by atoms with Crippen molar-refractivity contribution in [1.82, 2.24) is 20.3 Å². The lowest BCUT2D eigenvalue weighted by molar-refractivity contribution is 0.416. The monoisotopic (exact) mass is 340 g/mol. The fourth-order valence-electron chi connectivity index (χ4n) is 2.70. The van der Waals surface area contributed by atoms with Crippen molar-refractivity contribution in [2.75, 3.05) is 18.6 Å². The van der Waals surface area contributed by atoms with E-state index in [1.165, 1.54) is 19.2 Å². The van der Waals surface area contributed by atoms with Crippen LogP contribution in [0.15, 0.2) is 35.2 Å². The first-order valence-corrected chi connectivity index (χ1v) is 7.26. The minimum atomic E-state index is -0.552. The molecule has 9 heteroatoms. The molecule has 126 valence electrons. The van der Waals surface area contributed by atoms with Crippen LogP contribution in [0.5, 0.6) is 5.75 Å². The predicted molar refractivity (Wildman–Crippen MR) is 90.2 cm³/mol. The molecule has 1 aromatic carbocycles. The number of pyridine rings is 1. The van der Waals surface area contributed by atoms with Gasteiger partial charge in [0, 0.05) is 35.2 Å². The molecule has 3 heterocycles. The Labute approximate surface area is 140 Å². The van der Waals surface area contributed by atoms with Gasteiger partial charge in [-0.15, -0.1) is 0 Å². The minimum Gasteiger partial charge on any atom is -0.495 e. The molecule has 0 aliphatic heterocycles. The Kier molecular flexibility index (Phi) is 3.27. The minimum absolute atomic E-state index is 0.109. The summed E-state index contributed by atoms with van der Waals surface area (Å²) in [6.07, 6.45) is 4.85. The summed E-state index contributed by atoms with van der Waals surface area (Å²) in [4.78, 5) is 4.37. The Morgan fingerprint density at radius 3 is 2.76 bits per heavy atom. The van der Waals surface area contributed by atoms with E-state index in [1.807, 2.05) is 0 Å². The van der Waals surface area contributed by atoms with Crippen LogP contribution >= 0.6 is 0 Å². The number of rotatable bonds is 3. The van der Waals surface area contributed by atoms with E-state index in [2.05, 4.69) is 20.3 Å². The lowest BCUT2D eigenvalue weighted by atomic mass is 10.0. The number of aromatic amines is 1. The maximum absolute atomic E-state index is 14.5. The summed E-state index contributed by atoms with van der Waals surface area (Å²) in [5.74, 6) is -0.109. The van der Waals surface area contributed by atoms with Crippen LogP contribution in [0.4, 0.5) is 15.9 Å². The Balaban J connectivity index is 2.02. The van der Waals surface area contributed by atoms with E-state index in [9.17, 15) is 4.39 Å². The van der Waals surface area contributed by atoms with E-state index in [1.54, 1.807) is 18.6 Å². The quantitative estimate of drug-likeness (QED) is 0.489. The predicted octanol–water partition coefficient (Wildman–Crippen LogP) is 2.59. The highest BCUT2D eigenvalue weighted by Gasteiger charge is 2.21. The van der Waals surface area contributed by atoms with Gasteiger partial charge in [-0.25, -0.2) is 4.39 Å². The average molecular weight is 340 g/mol. The number of ether oxygens (including phenoxy) is 1. The molecule has 0 unspecified atom stereocenters. The molecule has 0 aliphatic rings. The third-order valence-corrected chi connectivity index (χ3v) is 3.91. The van der Waals surface area contributed by atoms with E-state index in [0.29, 0.717) is 22.3 Å². The number of benzene rings is 1. The summed E-state index contributed by atoms with van der Waals surface area (Å²) in [6, 6.07) is 2.64. The zero-order chi connectivity index (χ0) is 17.6. The highest BCUT2D eigenvalue weighted by atomic mass is 19.1. The molecule has 0 spiro atoms. The number of anilines is 2. The number of methoxy groups -OCH3 is 1. The molecular formula is C16H13FN6O2. The molecule has 25 heavy (non-hydrogen) atoms. The first kappa shape index (κ1) is 14.9. The highest BCUT2D eigenvalue weighted by molar-refractivity contribution is 6.05. The van der Waals surface area contributed by atoms with E-state index in [-0.39, 0.29) is 22.8 Å². The van der Waals surface area contributed by atoms with Crippen LogP contribution in [0.3, 0.4) is 0 Å². The Hall–Kier alpha value is -3.62. The van der Waals surface area contributed by atoms with Gasteiger partial charge in [-0.2, -0.15) is 5.10 Å². The molecule has 8 nitrogen and oxygen atoms in total. The van der Waals surface area contributed by atoms with E-state index < -0.39 is 5.82 Å². The zero-order valence-corrected chi connectivity index (χ0v) is 13.1. The van der Waals surface area contributed by atoms with Gasteiger partial charge in [0.2, 0.25) is 0 Å². The summed E-state index contributed by atoms with van der Waals surface area (Å²) >= 11 is 0. The zero-order valence-electron chi connectivity index (χ0n) is 13.1. The summed E-state index contributed by atoms with van der Waals surface area (Å²) in [7, 11) is 1.45. The van der Waals surface area contributed by atoms with Gasteiger partial charge in [0.05, 0.1) is 30.1 Å². The number of hydrogen-bond acceptors (Lipinski definition) is 7. The number of nitrogens with one attached hydrogen (secondary N) is 1. The Bertz CT molecular complexity index is 1070. The van der Waals surface area contributed by atoms with Crippen LogP contribution < -0.4 is 16.2 Å². The molecule has 0 atom stereocenters. The van der Waals surface area contributed by atoms with Crippen LogP contribution in [-0.2, 0) is 0 Å². The number of nitrogens with two attached hydrogens (primary N) is 2. The molecule has 0 aliphatic carbocycles. The van der Waals surface area contributed by atoms with E-state index in [4.69, 9.17) is 20.7 Å². The van der Waals surface area contributed by atoms with Gasteiger partial charge in [-0.1, -0.05) is 5.16 Å². The number of hydrogen-bond donors (Lipinski definition) is 3. The maximum Gasteiger partial charge on any atom is 0.180 e. The second kappa shape index (κ2) is 5.48. The van der Waals surface area contributed by atoms with Crippen molar-refractivity contribution in [1.29, 1.82) is 0 Å². The second-order valence-electron chi connectivity index (χ2n) is 5.35. The fraction of sp³-hybridized carbons (Fsp3) is 0.0625. The number of nitrogens with zero attached hydrogens (tertiary/aromatic N) is 3. The van der Waals surface area contributed by atoms with Gasteiger partial charge in [0.1, 0.15) is 11.6 Å². The first-order valence-electron chi connectivity index (χ1n) is 7.26. The van der Waals surface area contributed by atoms with Gasteiger partial charge in [-0.3, -0.25) is 10.1 Å². The topological polar surface area (TPSA) is 129 Å². The van der Waals surface area contributed by atoms with Crippen molar-refractivity contribution >= 4 is 22.5 Å². The number of H-pyrrole nitrogens is 1. The Morgan fingerprint density at radius 1 is 1.20 bits per heavy atom. The molecule has 0 radical (unpaired) electrons. The molecule has 4 aromatic rings. The van der Waals surface area contributed by atoms with Crippen molar-refractivity contribution in [3.8, 4) is 28.1 Å². The molecule has 0 bridgehead atoms. The second-order valence-corrected chi connectivity index (χ2v) is 5.35. The number of halogens is 1. The van der Waals surface area contributed by atoms with Gasteiger partial charge in [-0.05, 0) is 6.07 Å². The normalized spacial score (nSPS) is 11.1. The molecular weight excluding hydrogens is 327 g/mol. The van der Waals surface area contributed by atoms with Crippen molar-refractivity contribution in [2.45, 2.75) is 0 Å². The van der Waals surface area contributed by atoms with Crippen LogP contribution in [0.2, 0.25) is 0 Å². The molecule has 0 saturated heterocycles. The third-order valence-electron chi connectivity index (χ3n) is 3.91. The van der Waals surface area contributed by atoms with Crippen molar-refractivity contribution in [3.63, 3.8) is 0 Å². The maximum atomic E-state index is 14.5. The number of nitrogen functional groups attached to an aromatic ring is 2. The van der Waals surface area contributed by atoms with Crippen LogP contribution in [0.1, 0.15) is 0 Å². The van der Waals surface area contributed by atoms with Gasteiger partial charge in [0.25, 0.3) is 0 Å². The van der Waals surface area contributed by atoms with Crippen molar-refractivity contribution in [3.05, 3.63) is 36.5 Å². The summed E-state index contributed by atoms with van der Waals surface area (Å²) in [5, 5.41) is 10.8. The summed E-state index contributed by atoms with van der Waals surface area (Å²) in [6.45, 7) is 0. The summed E-state index contributed by atoms with van der Waals surface area (Å²) < 4.78 is 25.0. The van der Waals surface area contributed by atoms with Crippen LogP contribution in [-0.4, -0.2) is 27.4 Å². The lowest BCUT2D eigenvalue weighted by Gasteiger charge is -2.10. The standard InChI is InChI=1S/C16H13FN6O2/c1-24-12-2-8(10(17)3-11(12)18)14-13-15(25-23-16(13)19)9(6-20-14)7-4-21-22-5-7/h2-6H,18H2,1H3,(H2,19,23)(H,21,22). The third kappa shape index (κ3) is 2.24. The van der Waals surface area contributed by atoms with Crippen LogP contribution in [0.25, 0.3) is 33.4 Å². The Morgan fingerprint density at radius 2 is 2.04 bits per heavy atom. The average Bonchev–Trinajstić information content (AvgIpc) is 3.25. The van der Waals surface area contributed by atoms with E-state index in [0.717, 1.165) is 5.56 Å².